The highest BCUT2D eigenvalue weighted by Gasteiger charge is 2.30. The van der Waals surface area contributed by atoms with Gasteiger partial charge in [0.25, 0.3) is 0 Å². The molecule has 1 aromatic rings. The van der Waals surface area contributed by atoms with Crippen molar-refractivity contribution in [1.29, 1.82) is 0 Å². The molecule has 0 aliphatic carbocycles. The molecule has 0 radical (unpaired) electrons. The van der Waals surface area contributed by atoms with Crippen LogP contribution in [-0.4, -0.2) is 43.0 Å². The number of carbonyl (C=O) groups excluding carboxylic acids is 2. The highest BCUT2D eigenvalue weighted by molar-refractivity contribution is 6.30. The average molecular weight is 296 g/mol. The second-order valence-electron chi connectivity index (χ2n) is 4.68. The van der Waals surface area contributed by atoms with E-state index in [0.29, 0.717) is 24.7 Å². The zero-order valence-corrected chi connectivity index (χ0v) is 12.2. The van der Waals surface area contributed by atoms with Crippen LogP contribution < -0.4 is 10.2 Å². The summed E-state index contributed by atoms with van der Waals surface area (Å²) in [5.41, 5.74) is 0.802. The van der Waals surface area contributed by atoms with E-state index in [1.807, 2.05) is 6.92 Å². The molecule has 2 rings (SSSR count). The van der Waals surface area contributed by atoms with Crippen molar-refractivity contribution in [2.45, 2.75) is 13.3 Å². The fraction of sp³-hybridized carbons (Fsp3) is 0.429. The Hall–Kier alpha value is -1.75. The molecule has 20 heavy (non-hydrogen) atoms. The summed E-state index contributed by atoms with van der Waals surface area (Å²) in [7, 11) is 0. The number of benzene rings is 1. The monoisotopic (exact) mass is 295 g/mol. The fourth-order valence-electron chi connectivity index (χ4n) is 2.08. The Labute approximate surface area is 123 Å². The fourth-order valence-corrected chi connectivity index (χ4v) is 2.21. The summed E-state index contributed by atoms with van der Waals surface area (Å²) in [4.78, 5) is 27.1. The maximum Gasteiger partial charge on any atom is 0.325 e. The van der Waals surface area contributed by atoms with Gasteiger partial charge >= 0.3 is 6.03 Å². The lowest BCUT2D eigenvalue weighted by molar-refractivity contribution is -0.121. The van der Waals surface area contributed by atoms with Gasteiger partial charge in [-0.1, -0.05) is 18.5 Å². The molecule has 0 saturated carbocycles. The van der Waals surface area contributed by atoms with E-state index in [1.165, 1.54) is 0 Å². The molecule has 1 aliphatic rings. The first-order chi connectivity index (χ1) is 9.61. The molecule has 0 bridgehead atoms. The molecule has 0 aromatic heterocycles. The average Bonchev–Trinajstić information content (AvgIpc) is 2.79. The molecule has 108 valence electrons. The summed E-state index contributed by atoms with van der Waals surface area (Å²) in [5.74, 6) is -0.113. The maximum absolute atomic E-state index is 12.2. The number of hydrogen-bond donors (Lipinski definition) is 1. The van der Waals surface area contributed by atoms with Crippen molar-refractivity contribution in [3.8, 4) is 0 Å². The van der Waals surface area contributed by atoms with Crippen LogP contribution in [0.2, 0.25) is 5.02 Å². The molecule has 1 saturated heterocycles. The Balaban J connectivity index is 1.95. The summed E-state index contributed by atoms with van der Waals surface area (Å²) in [6, 6.07) is 6.97. The largest absolute Gasteiger partial charge is 0.355 e. The van der Waals surface area contributed by atoms with Gasteiger partial charge in [0.15, 0.2) is 0 Å². The Kier molecular flexibility index (Phi) is 4.84. The third kappa shape index (κ3) is 3.42. The van der Waals surface area contributed by atoms with Crippen LogP contribution in [0.4, 0.5) is 10.5 Å². The van der Waals surface area contributed by atoms with Gasteiger partial charge in [-0.05, 0) is 30.7 Å². The number of halogens is 1. The minimum atomic E-state index is -0.140. The molecule has 1 fully saturated rings. The summed E-state index contributed by atoms with van der Waals surface area (Å²) in [6.07, 6.45) is 0.886. The molecule has 3 amide bonds. The predicted molar refractivity (Wildman–Crippen MR) is 79.1 cm³/mol. The number of carbonyl (C=O) groups is 2. The molecule has 1 heterocycles. The van der Waals surface area contributed by atoms with Crippen LogP contribution in [0.15, 0.2) is 24.3 Å². The molecule has 5 nitrogen and oxygen atoms in total. The minimum absolute atomic E-state index is 0.113. The summed E-state index contributed by atoms with van der Waals surface area (Å²) < 4.78 is 0. The molecule has 0 spiro atoms. The molecule has 6 heteroatoms. The Morgan fingerprint density at radius 1 is 1.30 bits per heavy atom. The van der Waals surface area contributed by atoms with E-state index in [1.54, 1.807) is 34.1 Å². The normalized spacial score (nSPS) is 14.8. The summed E-state index contributed by atoms with van der Waals surface area (Å²) >= 11 is 5.83. The van der Waals surface area contributed by atoms with E-state index >= 15 is 0 Å². The molecule has 1 N–H and O–H groups in total. The second kappa shape index (κ2) is 6.61. The highest BCUT2D eigenvalue weighted by atomic mass is 35.5. The Bertz CT molecular complexity index is 490. The van der Waals surface area contributed by atoms with Gasteiger partial charge in [-0.15, -0.1) is 0 Å². The number of hydrogen-bond acceptors (Lipinski definition) is 2. The number of nitrogens with one attached hydrogen (secondary N) is 1. The number of rotatable bonds is 5. The third-order valence-corrected chi connectivity index (χ3v) is 3.39. The van der Waals surface area contributed by atoms with Crippen LogP contribution in [-0.2, 0) is 4.79 Å². The van der Waals surface area contributed by atoms with Gasteiger partial charge in [0.05, 0.1) is 0 Å². The zero-order valence-electron chi connectivity index (χ0n) is 11.4. The standard InChI is InChI=1S/C14H18ClN3O2/c1-2-7-16-13(19)10-17-8-9-18(14(17)20)12-5-3-11(15)4-6-12/h3-6H,2,7-10H2,1H3,(H,16,19). The highest BCUT2D eigenvalue weighted by Crippen LogP contribution is 2.22. The first-order valence-electron chi connectivity index (χ1n) is 6.70. The van der Waals surface area contributed by atoms with Gasteiger partial charge in [0, 0.05) is 30.3 Å². The van der Waals surface area contributed by atoms with Crippen LogP contribution >= 0.6 is 11.6 Å². The van der Waals surface area contributed by atoms with E-state index in [4.69, 9.17) is 11.6 Å². The van der Waals surface area contributed by atoms with Gasteiger partial charge in [-0.3, -0.25) is 9.69 Å². The smallest absolute Gasteiger partial charge is 0.325 e. The lowest BCUT2D eigenvalue weighted by Gasteiger charge is -2.18. The first kappa shape index (κ1) is 14.7. The van der Waals surface area contributed by atoms with Gasteiger partial charge in [0.2, 0.25) is 5.91 Å². The van der Waals surface area contributed by atoms with Crippen molar-refractivity contribution < 1.29 is 9.59 Å². The van der Waals surface area contributed by atoms with Crippen molar-refractivity contribution in [2.24, 2.45) is 0 Å². The minimum Gasteiger partial charge on any atom is -0.355 e. The molecule has 1 aliphatic heterocycles. The molecular formula is C14H18ClN3O2. The number of nitrogens with zero attached hydrogens (tertiary/aromatic N) is 2. The van der Waals surface area contributed by atoms with Gasteiger partial charge in [-0.25, -0.2) is 4.79 Å². The predicted octanol–water partition coefficient (Wildman–Crippen LogP) is 2.11. The number of amides is 3. The van der Waals surface area contributed by atoms with Crippen LogP contribution in [0.5, 0.6) is 0 Å². The van der Waals surface area contributed by atoms with E-state index < -0.39 is 0 Å². The van der Waals surface area contributed by atoms with Crippen molar-refractivity contribution in [3.05, 3.63) is 29.3 Å². The van der Waals surface area contributed by atoms with E-state index in [0.717, 1.165) is 12.1 Å². The van der Waals surface area contributed by atoms with E-state index in [-0.39, 0.29) is 18.5 Å². The quantitative estimate of drug-likeness (QED) is 0.904. The van der Waals surface area contributed by atoms with Crippen LogP contribution in [0, 0.1) is 0 Å². The second-order valence-corrected chi connectivity index (χ2v) is 5.12. The number of urea groups is 1. The van der Waals surface area contributed by atoms with Gasteiger partial charge in [0.1, 0.15) is 6.54 Å². The topological polar surface area (TPSA) is 52.7 Å². The Morgan fingerprint density at radius 2 is 2.00 bits per heavy atom. The van der Waals surface area contributed by atoms with Crippen LogP contribution in [0.1, 0.15) is 13.3 Å². The molecule has 1 aromatic carbocycles. The van der Waals surface area contributed by atoms with Crippen molar-refractivity contribution in [2.75, 3.05) is 31.1 Å². The van der Waals surface area contributed by atoms with Gasteiger partial charge < -0.3 is 10.2 Å². The van der Waals surface area contributed by atoms with Crippen molar-refractivity contribution in [1.82, 2.24) is 10.2 Å². The van der Waals surface area contributed by atoms with Gasteiger partial charge in [-0.2, -0.15) is 0 Å². The third-order valence-electron chi connectivity index (χ3n) is 3.14. The summed E-state index contributed by atoms with van der Waals surface area (Å²) in [5, 5.41) is 3.41. The maximum atomic E-state index is 12.2. The first-order valence-corrected chi connectivity index (χ1v) is 7.08. The lowest BCUT2D eigenvalue weighted by Crippen LogP contribution is -2.40. The van der Waals surface area contributed by atoms with E-state index in [2.05, 4.69) is 5.32 Å². The lowest BCUT2D eigenvalue weighted by atomic mass is 10.3. The summed E-state index contributed by atoms with van der Waals surface area (Å²) in [6.45, 7) is 3.89. The zero-order chi connectivity index (χ0) is 14.5. The SMILES string of the molecule is CCCNC(=O)CN1CCN(c2ccc(Cl)cc2)C1=O. The number of anilines is 1. The van der Waals surface area contributed by atoms with Crippen molar-refractivity contribution in [3.63, 3.8) is 0 Å². The van der Waals surface area contributed by atoms with Crippen molar-refractivity contribution >= 4 is 29.2 Å². The van der Waals surface area contributed by atoms with Crippen LogP contribution in [0.3, 0.4) is 0 Å². The molecule has 0 atom stereocenters. The van der Waals surface area contributed by atoms with E-state index in [9.17, 15) is 9.59 Å². The molecular weight excluding hydrogens is 278 g/mol. The Morgan fingerprint density at radius 3 is 2.65 bits per heavy atom. The molecule has 0 unspecified atom stereocenters. The van der Waals surface area contributed by atoms with Crippen LogP contribution in [0.25, 0.3) is 0 Å².